The Hall–Kier alpha value is -2.72. The highest BCUT2D eigenvalue weighted by Gasteiger charge is 2.30. The Labute approximate surface area is 185 Å². The van der Waals surface area contributed by atoms with E-state index in [9.17, 15) is 18.0 Å². The lowest BCUT2D eigenvalue weighted by molar-refractivity contribution is -0.137. The Bertz CT molecular complexity index is 1070. The number of amides is 1. The molecule has 0 aliphatic rings. The van der Waals surface area contributed by atoms with Crippen LogP contribution in [0.4, 0.5) is 18.9 Å². The summed E-state index contributed by atoms with van der Waals surface area (Å²) in [6, 6.07) is 11.5. The Balaban J connectivity index is 1.61. The standard InChI is InChI=1S/C20H18ClF3N4O2S/c1-12(18(29)25-14-7-5-6-13(10-14)20(22,23)24)31-19-27-26-17(28(19)2)11-30-16-9-4-3-8-15(16)21/h3-10,12H,11H2,1-2H3,(H,25,29)/t12-/m0/s1. The predicted octanol–water partition coefficient (Wildman–Crippen LogP) is 5.19. The van der Waals surface area contributed by atoms with Gasteiger partial charge < -0.3 is 14.6 Å². The van der Waals surface area contributed by atoms with Crippen LogP contribution in [0.5, 0.6) is 5.75 Å². The number of carbonyl (C=O) groups excluding carboxylic acids is 1. The summed E-state index contributed by atoms with van der Waals surface area (Å²) in [4.78, 5) is 12.4. The summed E-state index contributed by atoms with van der Waals surface area (Å²) in [6.45, 7) is 1.75. The van der Waals surface area contributed by atoms with Crippen LogP contribution in [0.25, 0.3) is 0 Å². The van der Waals surface area contributed by atoms with Crippen molar-refractivity contribution in [2.45, 2.75) is 30.1 Å². The quantitative estimate of drug-likeness (QED) is 0.481. The van der Waals surface area contributed by atoms with Crippen LogP contribution in [0.1, 0.15) is 18.3 Å². The molecule has 2 aromatic carbocycles. The van der Waals surface area contributed by atoms with Gasteiger partial charge in [-0.2, -0.15) is 13.2 Å². The average Bonchev–Trinajstić information content (AvgIpc) is 3.06. The van der Waals surface area contributed by atoms with Gasteiger partial charge in [0.25, 0.3) is 0 Å². The van der Waals surface area contributed by atoms with Gasteiger partial charge in [-0.05, 0) is 37.3 Å². The molecule has 3 aromatic rings. The highest BCUT2D eigenvalue weighted by Crippen LogP contribution is 2.31. The Kier molecular flexibility index (Phi) is 7.11. The van der Waals surface area contributed by atoms with Crippen LogP contribution in [0.15, 0.2) is 53.7 Å². The van der Waals surface area contributed by atoms with Gasteiger partial charge in [0.1, 0.15) is 12.4 Å². The maximum absolute atomic E-state index is 12.8. The van der Waals surface area contributed by atoms with Gasteiger partial charge >= 0.3 is 6.18 Å². The van der Waals surface area contributed by atoms with E-state index in [0.29, 0.717) is 21.8 Å². The lowest BCUT2D eigenvalue weighted by atomic mass is 10.2. The van der Waals surface area contributed by atoms with E-state index >= 15 is 0 Å². The van der Waals surface area contributed by atoms with E-state index in [2.05, 4.69) is 15.5 Å². The van der Waals surface area contributed by atoms with E-state index in [1.165, 1.54) is 12.1 Å². The fourth-order valence-electron chi connectivity index (χ4n) is 2.51. The molecule has 0 saturated carbocycles. The molecule has 0 aliphatic heterocycles. The summed E-state index contributed by atoms with van der Waals surface area (Å²) < 4.78 is 45.8. The zero-order chi connectivity index (χ0) is 22.6. The van der Waals surface area contributed by atoms with E-state index in [-0.39, 0.29) is 12.3 Å². The molecule has 0 bridgehead atoms. The number of nitrogens with zero attached hydrogens (tertiary/aromatic N) is 3. The topological polar surface area (TPSA) is 69.0 Å². The number of benzene rings is 2. The van der Waals surface area contributed by atoms with Crippen LogP contribution >= 0.6 is 23.4 Å². The molecule has 0 unspecified atom stereocenters. The minimum absolute atomic E-state index is 0.0686. The first-order chi connectivity index (χ1) is 14.6. The summed E-state index contributed by atoms with van der Waals surface area (Å²) >= 11 is 7.19. The van der Waals surface area contributed by atoms with E-state index in [4.69, 9.17) is 16.3 Å². The molecule has 0 radical (unpaired) electrons. The average molecular weight is 471 g/mol. The molecule has 0 spiro atoms. The first-order valence-electron chi connectivity index (χ1n) is 9.05. The lowest BCUT2D eigenvalue weighted by Crippen LogP contribution is -2.23. The van der Waals surface area contributed by atoms with Crippen LogP contribution < -0.4 is 10.1 Å². The molecule has 11 heteroatoms. The molecule has 1 aromatic heterocycles. The number of rotatable bonds is 7. The number of alkyl halides is 3. The van der Waals surface area contributed by atoms with Gasteiger partial charge in [0.05, 0.1) is 15.8 Å². The maximum atomic E-state index is 12.8. The van der Waals surface area contributed by atoms with Crippen molar-refractivity contribution in [1.82, 2.24) is 14.8 Å². The molecule has 0 fully saturated rings. The zero-order valence-corrected chi connectivity index (χ0v) is 18.1. The van der Waals surface area contributed by atoms with Crippen LogP contribution in [0, 0.1) is 0 Å². The van der Waals surface area contributed by atoms with E-state index < -0.39 is 22.9 Å². The summed E-state index contributed by atoms with van der Waals surface area (Å²) in [5.41, 5.74) is -0.763. The molecule has 3 rings (SSSR count). The number of aromatic nitrogens is 3. The van der Waals surface area contributed by atoms with Gasteiger partial charge in [-0.3, -0.25) is 4.79 Å². The molecule has 6 nitrogen and oxygen atoms in total. The maximum Gasteiger partial charge on any atom is 0.416 e. The Morgan fingerprint density at radius 3 is 2.68 bits per heavy atom. The number of hydrogen-bond acceptors (Lipinski definition) is 5. The number of para-hydroxylation sites is 1. The number of hydrogen-bond donors (Lipinski definition) is 1. The highest BCUT2D eigenvalue weighted by molar-refractivity contribution is 8.00. The molecule has 1 heterocycles. The number of ether oxygens (including phenoxy) is 1. The van der Waals surface area contributed by atoms with Gasteiger partial charge in [0, 0.05) is 12.7 Å². The van der Waals surface area contributed by atoms with Crippen LogP contribution in [0.3, 0.4) is 0 Å². The first kappa shape index (κ1) is 23.0. The molecular weight excluding hydrogens is 453 g/mol. The van der Waals surface area contributed by atoms with Crippen LogP contribution in [-0.4, -0.2) is 25.9 Å². The molecular formula is C20H18ClF3N4O2S. The Morgan fingerprint density at radius 2 is 1.97 bits per heavy atom. The molecule has 1 atom stereocenters. The molecule has 164 valence electrons. The predicted molar refractivity (Wildman–Crippen MR) is 112 cm³/mol. The van der Waals surface area contributed by atoms with E-state index in [1.807, 2.05) is 0 Å². The van der Waals surface area contributed by atoms with Crippen molar-refractivity contribution >= 4 is 35.0 Å². The minimum atomic E-state index is -4.48. The molecule has 1 N–H and O–H groups in total. The first-order valence-corrected chi connectivity index (χ1v) is 10.3. The summed E-state index contributed by atoms with van der Waals surface area (Å²) in [5, 5.41) is 10.9. The van der Waals surface area contributed by atoms with Gasteiger partial charge in [0.15, 0.2) is 11.0 Å². The number of halogens is 4. The second kappa shape index (κ2) is 9.61. The van der Waals surface area contributed by atoms with E-state index in [0.717, 1.165) is 23.9 Å². The zero-order valence-electron chi connectivity index (χ0n) is 16.5. The van der Waals surface area contributed by atoms with Crippen molar-refractivity contribution in [3.8, 4) is 5.75 Å². The smallest absolute Gasteiger partial charge is 0.416 e. The van der Waals surface area contributed by atoms with Gasteiger partial charge in [-0.15, -0.1) is 10.2 Å². The third kappa shape index (κ3) is 5.92. The summed E-state index contributed by atoms with van der Waals surface area (Å²) in [7, 11) is 1.73. The molecule has 0 aliphatic carbocycles. The second-order valence-corrected chi connectivity index (χ2v) is 8.22. The van der Waals surface area contributed by atoms with Crippen molar-refractivity contribution in [3.63, 3.8) is 0 Å². The number of thioether (sulfide) groups is 1. The second-order valence-electron chi connectivity index (χ2n) is 6.50. The van der Waals surface area contributed by atoms with Crippen LogP contribution in [0.2, 0.25) is 5.02 Å². The SMILES string of the molecule is C[C@H](Sc1nnc(COc2ccccc2Cl)n1C)C(=O)Nc1cccc(C(F)(F)F)c1. The highest BCUT2D eigenvalue weighted by atomic mass is 35.5. The third-order valence-electron chi connectivity index (χ3n) is 4.23. The van der Waals surface area contributed by atoms with Gasteiger partial charge in [-0.25, -0.2) is 0 Å². The van der Waals surface area contributed by atoms with Crippen molar-refractivity contribution in [2.24, 2.45) is 7.05 Å². The van der Waals surface area contributed by atoms with Crippen molar-refractivity contribution in [1.29, 1.82) is 0 Å². The van der Waals surface area contributed by atoms with Crippen molar-refractivity contribution in [2.75, 3.05) is 5.32 Å². The normalized spacial score (nSPS) is 12.5. The van der Waals surface area contributed by atoms with Crippen molar-refractivity contribution in [3.05, 3.63) is 64.9 Å². The number of anilines is 1. The van der Waals surface area contributed by atoms with Gasteiger partial charge in [-0.1, -0.05) is 41.6 Å². The number of nitrogens with one attached hydrogen (secondary N) is 1. The largest absolute Gasteiger partial charge is 0.484 e. The number of carbonyl (C=O) groups is 1. The monoisotopic (exact) mass is 470 g/mol. The van der Waals surface area contributed by atoms with Crippen molar-refractivity contribution < 1.29 is 22.7 Å². The molecule has 1 amide bonds. The third-order valence-corrected chi connectivity index (χ3v) is 5.67. The van der Waals surface area contributed by atoms with Crippen LogP contribution in [-0.2, 0) is 24.6 Å². The minimum Gasteiger partial charge on any atom is -0.484 e. The fourth-order valence-corrected chi connectivity index (χ4v) is 3.53. The fraction of sp³-hybridized carbons (Fsp3) is 0.250. The summed E-state index contributed by atoms with van der Waals surface area (Å²) in [6.07, 6.45) is -4.48. The van der Waals surface area contributed by atoms with Gasteiger partial charge in [0.2, 0.25) is 5.91 Å². The molecule has 31 heavy (non-hydrogen) atoms. The van der Waals surface area contributed by atoms with E-state index in [1.54, 1.807) is 42.8 Å². The lowest BCUT2D eigenvalue weighted by Gasteiger charge is -2.13. The Morgan fingerprint density at radius 1 is 1.23 bits per heavy atom. The summed E-state index contributed by atoms with van der Waals surface area (Å²) in [5.74, 6) is 0.573. The molecule has 0 saturated heterocycles.